The first-order valence-electron chi connectivity index (χ1n) is 7.93. The quantitative estimate of drug-likeness (QED) is 0.709. The minimum absolute atomic E-state index is 0.177. The largest absolute Gasteiger partial charge is 0.338 e. The summed E-state index contributed by atoms with van der Waals surface area (Å²) in [6, 6.07) is 0.455. The number of amides is 1. The molecule has 2 aliphatic rings. The lowest BCUT2D eigenvalue weighted by Gasteiger charge is -2.38. The Morgan fingerprint density at radius 3 is 2.37 bits per heavy atom. The maximum absolute atomic E-state index is 12.9. The van der Waals surface area contributed by atoms with Crippen molar-refractivity contribution in [1.82, 2.24) is 4.90 Å². The molecule has 19 heavy (non-hydrogen) atoms. The summed E-state index contributed by atoms with van der Waals surface area (Å²) in [6.07, 6.45) is 9.67. The molecule has 110 valence electrons. The molecule has 0 aromatic rings. The number of carbonyl (C=O) groups is 1. The van der Waals surface area contributed by atoms with Crippen molar-refractivity contribution < 1.29 is 4.79 Å². The fourth-order valence-corrected chi connectivity index (χ4v) is 4.12. The Morgan fingerprint density at radius 2 is 1.84 bits per heavy atom. The van der Waals surface area contributed by atoms with Crippen LogP contribution in [0.15, 0.2) is 0 Å². The predicted octanol–water partition coefficient (Wildman–Crippen LogP) is 4.21. The molecular weight excluding hydrogens is 258 g/mol. The van der Waals surface area contributed by atoms with Crippen LogP contribution in [0.2, 0.25) is 0 Å². The van der Waals surface area contributed by atoms with E-state index in [1.54, 1.807) is 0 Å². The van der Waals surface area contributed by atoms with Crippen LogP contribution in [0.5, 0.6) is 0 Å². The predicted molar refractivity (Wildman–Crippen MR) is 80.4 cm³/mol. The zero-order chi connectivity index (χ0) is 13.9. The third-order valence-corrected chi connectivity index (χ3v) is 5.35. The van der Waals surface area contributed by atoms with Crippen LogP contribution in [0.25, 0.3) is 0 Å². The van der Waals surface area contributed by atoms with Gasteiger partial charge in [-0.1, -0.05) is 39.5 Å². The number of hydrogen-bond donors (Lipinski definition) is 0. The Bertz CT molecular complexity index is 310. The minimum Gasteiger partial charge on any atom is -0.338 e. The van der Waals surface area contributed by atoms with Gasteiger partial charge in [0.1, 0.15) is 0 Å². The number of nitrogens with zero attached hydrogens (tertiary/aromatic N) is 1. The van der Waals surface area contributed by atoms with E-state index in [1.807, 2.05) is 0 Å². The van der Waals surface area contributed by atoms with E-state index < -0.39 is 0 Å². The van der Waals surface area contributed by atoms with Crippen LogP contribution in [0.4, 0.5) is 0 Å². The summed E-state index contributed by atoms with van der Waals surface area (Å²) in [4.78, 5) is 15.0. The SMILES string of the molecule is CC1(C)CCCC1C(=O)N(CCCl)C1CCCCC1. The number of rotatable bonds is 4. The molecule has 3 heteroatoms. The number of alkyl halides is 1. The van der Waals surface area contributed by atoms with Gasteiger partial charge in [0.05, 0.1) is 0 Å². The van der Waals surface area contributed by atoms with Gasteiger partial charge in [-0.05, 0) is 31.1 Å². The second kappa shape index (κ2) is 6.47. The second-order valence-electron chi connectivity index (χ2n) is 6.95. The van der Waals surface area contributed by atoms with Crippen molar-refractivity contribution in [2.45, 2.75) is 71.3 Å². The molecule has 0 aromatic carbocycles. The van der Waals surface area contributed by atoms with Crippen molar-refractivity contribution in [3.8, 4) is 0 Å². The van der Waals surface area contributed by atoms with Crippen molar-refractivity contribution in [3.63, 3.8) is 0 Å². The highest BCUT2D eigenvalue weighted by molar-refractivity contribution is 6.18. The Labute approximate surface area is 122 Å². The first-order chi connectivity index (χ1) is 9.06. The first-order valence-corrected chi connectivity index (χ1v) is 8.46. The number of halogens is 1. The summed E-state index contributed by atoms with van der Waals surface area (Å²) in [5.41, 5.74) is 0.177. The molecule has 2 saturated carbocycles. The van der Waals surface area contributed by atoms with Gasteiger partial charge in [-0.2, -0.15) is 0 Å². The molecule has 1 unspecified atom stereocenters. The van der Waals surface area contributed by atoms with Gasteiger partial charge in [0, 0.05) is 24.4 Å². The topological polar surface area (TPSA) is 20.3 Å². The average molecular weight is 286 g/mol. The van der Waals surface area contributed by atoms with Crippen LogP contribution in [0.1, 0.15) is 65.2 Å². The van der Waals surface area contributed by atoms with E-state index in [1.165, 1.54) is 44.9 Å². The minimum atomic E-state index is 0.177. The van der Waals surface area contributed by atoms with E-state index >= 15 is 0 Å². The standard InChI is InChI=1S/C16H28ClNO/c1-16(2)10-6-9-14(16)15(19)18(12-11-17)13-7-4-3-5-8-13/h13-14H,3-12H2,1-2H3. The summed E-state index contributed by atoms with van der Waals surface area (Å²) in [5, 5.41) is 0. The van der Waals surface area contributed by atoms with Gasteiger partial charge in [0.2, 0.25) is 5.91 Å². The third-order valence-electron chi connectivity index (χ3n) is 5.18. The molecule has 0 saturated heterocycles. The van der Waals surface area contributed by atoms with Crippen molar-refractivity contribution >= 4 is 17.5 Å². The fraction of sp³-hybridized carbons (Fsp3) is 0.938. The summed E-state index contributed by atoms with van der Waals surface area (Å²) in [6.45, 7) is 5.24. The molecule has 1 amide bonds. The van der Waals surface area contributed by atoms with Crippen LogP contribution in [0.3, 0.4) is 0 Å². The van der Waals surface area contributed by atoms with E-state index in [0.29, 0.717) is 17.8 Å². The highest BCUT2D eigenvalue weighted by atomic mass is 35.5. The van der Waals surface area contributed by atoms with Crippen molar-refractivity contribution in [2.75, 3.05) is 12.4 Å². The van der Waals surface area contributed by atoms with Crippen LogP contribution >= 0.6 is 11.6 Å². The molecule has 0 bridgehead atoms. The van der Waals surface area contributed by atoms with Crippen molar-refractivity contribution in [2.24, 2.45) is 11.3 Å². The fourth-order valence-electron chi connectivity index (χ4n) is 3.94. The maximum Gasteiger partial charge on any atom is 0.226 e. The van der Waals surface area contributed by atoms with Crippen molar-refractivity contribution in [1.29, 1.82) is 0 Å². The Morgan fingerprint density at radius 1 is 1.16 bits per heavy atom. The van der Waals surface area contributed by atoms with Crippen LogP contribution in [0, 0.1) is 11.3 Å². The molecule has 2 rings (SSSR count). The van der Waals surface area contributed by atoms with Crippen LogP contribution < -0.4 is 0 Å². The van der Waals surface area contributed by atoms with Gasteiger partial charge in [-0.25, -0.2) is 0 Å². The molecule has 0 N–H and O–H groups in total. The van der Waals surface area contributed by atoms with Crippen LogP contribution in [-0.2, 0) is 4.79 Å². The number of carbonyl (C=O) groups excluding carboxylic acids is 1. The van der Waals surface area contributed by atoms with Gasteiger partial charge < -0.3 is 4.90 Å². The lowest BCUT2D eigenvalue weighted by molar-refractivity contribution is -0.141. The summed E-state index contributed by atoms with van der Waals surface area (Å²) in [5.74, 6) is 1.17. The van der Waals surface area contributed by atoms with Crippen molar-refractivity contribution in [3.05, 3.63) is 0 Å². The maximum atomic E-state index is 12.9. The van der Waals surface area contributed by atoms with Gasteiger partial charge >= 0.3 is 0 Å². The molecule has 1 atom stereocenters. The van der Waals surface area contributed by atoms with Gasteiger partial charge in [0.25, 0.3) is 0 Å². The summed E-state index contributed by atoms with van der Waals surface area (Å²) >= 11 is 5.94. The highest BCUT2D eigenvalue weighted by Gasteiger charge is 2.42. The van der Waals surface area contributed by atoms with E-state index in [2.05, 4.69) is 18.7 Å². The molecule has 2 nitrogen and oxygen atoms in total. The summed E-state index contributed by atoms with van der Waals surface area (Å²) < 4.78 is 0. The van der Waals surface area contributed by atoms with Gasteiger partial charge in [-0.3, -0.25) is 4.79 Å². The Balaban J connectivity index is 2.07. The van der Waals surface area contributed by atoms with E-state index in [0.717, 1.165) is 13.0 Å². The summed E-state index contributed by atoms with van der Waals surface area (Å²) in [7, 11) is 0. The Hall–Kier alpha value is -0.240. The Kier molecular flexibility index (Phi) is 5.16. The highest BCUT2D eigenvalue weighted by Crippen LogP contribution is 2.44. The lowest BCUT2D eigenvalue weighted by Crippen LogP contribution is -2.47. The van der Waals surface area contributed by atoms with E-state index in [-0.39, 0.29) is 11.3 Å². The van der Waals surface area contributed by atoms with Gasteiger partial charge in [-0.15, -0.1) is 11.6 Å². The zero-order valence-corrected chi connectivity index (χ0v) is 13.2. The van der Waals surface area contributed by atoms with E-state index in [4.69, 9.17) is 11.6 Å². The smallest absolute Gasteiger partial charge is 0.226 e. The molecule has 2 aliphatic carbocycles. The molecule has 0 radical (unpaired) electrons. The van der Waals surface area contributed by atoms with Gasteiger partial charge in [0.15, 0.2) is 0 Å². The molecule has 0 aliphatic heterocycles. The first kappa shape index (κ1) is 15.2. The molecule has 0 aromatic heterocycles. The molecule has 0 heterocycles. The normalized spacial score (nSPS) is 27.4. The molecule has 0 spiro atoms. The molecule has 2 fully saturated rings. The average Bonchev–Trinajstić information content (AvgIpc) is 2.76. The third kappa shape index (κ3) is 3.45. The monoisotopic (exact) mass is 285 g/mol. The van der Waals surface area contributed by atoms with Crippen LogP contribution in [-0.4, -0.2) is 29.3 Å². The zero-order valence-electron chi connectivity index (χ0n) is 12.5. The second-order valence-corrected chi connectivity index (χ2v) is 7.32. The number of hydrogen-bond acceptors (Lipinski definition) is 1. The lowest BCUT2D eigenvalue weighted by atomic mass is 9.80. The van der Waals surface area contributed by atoms with E-state index in [9.17, 15) is 4.79 Å². The molecular formula is C16H28ClNO.